The van der Waals surface area contributed by atoms with Crippen molar-refractivity contribution < 1.29 is 29.0 Å². The van der Waals surface area contributed by atoms with Crippen LogP contribution in [0.2, 0.25) is 0 Å². The Kier molecular flexibility index (Phi) is 1.87. The smallest absolute Gasteiger partial charge is 0.333 e. The molecular weight excluding hydrogens is 164 g/mol. The van der Waals surface area contributed by atoms with Crippen LogP contribution in [0.25, 0.3) is 0 Å². The number of carboxylic acids is 2. The van der Waals surface area contributed by atoms with Crippen molar-refractivity contribution in [3.63, 3.8) is 0 Å². The van der Waals surface area contributed by atoms with Gasteiger partial charge in [-0.1, -0.05) is 13.8 Å². The van der Waals surface area contributed by atoms with Crippen molar-refractivity contribution in [2.24, 2.45) is 11.8 Å². The van der Waals surface area contributed by atoms with E-state index in [0.29, 0.717) is 0 Å². The molecule has 0 aromatic carbocycles. The third-order valence-electron chi connectivity index (χ3n) is 1.14. The van der Waals surface area contributed by atoms with Crippen molar-refractivity contribution >= 4 is 11.9 Å². The standard InChI is InChI=1S/C7H12O5/c1-3(2)4(6(9)10)5(8)7(11)12/h3-5,8H,1-2H3,(H,9,10)(H,11,12)/t4-,5+/m0/s1/i3D,4D,5D,8D. The summed E-state index contributed by atoms with van der Waals surface area (Å²) in [6, 6.07) is 0. The van der Waals surface area contributed by atoms with E-state index >= 15 is 0 Å². The first-order valence-corrected chi connectivity index (χ1v) is 3.06. The van der Waals surface area contributed by atoms with Gasteiger partial charge in [0, 0.05) is 2.74 Å². The SMILES string of the molecule is [2H]O[C@@]([2H])(C(=O)O)[C@@]([2H])(C(=O)O)C([2H])(C)C. The molecule has 0 saturated carbocycles. The summed E-state index contributed by atoms with van der Waals surface area (Å²) < 4.78 is 28.7. The van der Waals surface area contributed by atoms with Gasteiger partial charge in [-0.3, -0.25) is 4.79 Å². The topological polar surface area (TPSA) is 94.8 Å². The van der Waals surface area contributed by atoms with Gasteiger partial charge in [-0.25, -0.2) is 4.79 Å². The molecule has 0 aliphatic carbocycles. The van der Waals surface area contributed by atoms with E-state index in [9.17, 15) is 9.59 Å². The Balaban J connectivity index is 5.89. The van der Waals surface area contributed by atoms with Gasteiger partial charge in [0.15, 0.2) is 6.08 Å². The van der Waals surface area contributed by atoms with E-state index in [2.05, 4.69) is 5.11 Å². The first-order chi connectivity index (χ1) is 6.95. The molecule has 0 saturated heterocycles. The molecule has 5 heteroatoms. The average Bonchev–Trinajstić information content (AvgIpc) is 2.12. The third kappa shape index (κ3) is 2.50. The zero-order valence-corrected chi connectivity index (χ0v) is 6.62. The molecule has 0 bridgehead atoms. The lowest BCUT2D eigenvalue weighted by molar-refractivity contribution is -0.161. The monoisotopic (exact) mass is 180 g/mol. The molecule has 0 radical (unpaired) electrons. The molecule has 0 aromatic rings. The number of aliphatic hydroxyl groups is 1. The average molecular weight is 180 g/mol. The van der Waals surface area contributed by atoms with E-state index in [0.717, 1.165) is 13.8 Å². The number of hydrogen-bond acceptors (Lipinski definition) is 3. The third-order valence-corrected chi connectivity index (χ3v) is 1.14. The molecule has 70 valence electrons. The highest BCUT2D eigenvalue weighted by Crippen LogP contribution is 2.15. The minimum Gasteiger partial charge on any atom is -0.481 e. The van der Waals surface area contributed by atoms with Gasteiger partial charge in [0.25, 0.3) is 0 Å². The summed E-state index contributed by atoms with van der Waals surface area (Å²) in [4.78, 5) is 21.7. The highest BCUT2D eigenvalue weighted by atomic mass is 16.4. The lowest BCUT2D eigenvalue weighted by atomic mass is 9.90. The van der Waals surface area contributed by atoms with Crippen molar-refractivity contribution in [1.82, 2.24) is 0 Å². The van der Waals surface area contributed by atoms with Crippen molar-refractivity contribution in [2.75, 3.05) is 0 Å². The second kappa shape index (κ2) is 4.06. The van der Waals surface area contributed by atoms with Gasteiger partial charge in [-0.05, 0) is 5.89 Å². The van der Waals surface area contributed by atoms with Crippen molar-refractivity contribution in [1.29, 1.82) is 1.43 Å². The molecule has 0 spiro atoms. The van der Waals surface area contributed by atoms with Crippen LogP contribution in [0.1, 0.15) is 18.0 Å². The van der Waals surface area contributed by atoms with Gasteiger partial charge in [0.1, 0.15) is 0 Å². The van der Waals surface area contributed by atoms with Crippen molar-refractivity contribution in [2.45, 2.75) is 19.9 Å². The van der Waals surface area contributed by atoms with E-state index in [1.54, 1.807) is 0 Å². The lowest BCUT2D eigenvalue weighted by Gasteiger charge is -2.18. The normalized spacial score (nSPS) is 26.5. The lowest BCUT2D eigenvalue weighted by Crippen LogP contribution is -2.37. The Morgan fingerprint density at radius 3 is 1.92 bits per heavy atom. The number of carboxylic acid groups (broad SMARTS) is 2. The van der Waals surface area contributed by atoms with Gasteiger partial charge in [0.05, 0.1) is 7.26 Å². The van der Waals surface area contributed by atoms with Gasteiger partial charge >= 0.3 is 11.9 Å². The number of hydrogen-bond donors (Lipinski definition) is 3. The van der Waals surface area contributed by atoms with E-state index < -0.39 is 29.8 Å². The summed E-state index contributed by atoms with van der Waals surface area (Å²) >= 11 is 0. The van der Waals surface area contributed by atoms with Crippen LogP contribution in [0.3, 0.4) is 0 Å². The summed E-state index contributed by atoms with van der Waals surface area (Å²) in [7, 11) is 0. The maximum absolute atomic E-state index is 10.9. The Bertz CT molecular complexity index is 314. The predicted molar refractivity (Wildman–Crippen MR) is 39.6 cm³/mol. The Labute approximate surface area is 75.3 Å². The summed E-state index contributed by atoms with van der Waals surface area (Å²) in [5.41, 5.74) is 0. The van der Waals surface area contributed by atoms with E-state index in [-0.39, 0.29) is 0 Å². The minimum absolute atomic E-state index is 0.958. The Morgan fingerprint density at radius 1 is 1.33 bits per heavy atom. The molecule has 0 fully saturated rings. The fourth-order valence-electron chi connectivity index (χ4n) is 0.645. The Morgan fingerprint density at radius 2 is 1.83 bits per heavy atom. The highest BCUT2D eigenvalue weighted by molar-refractivity contribution is 5.81. The minimum atomic E-state index is -3.38. The zero-order valence-electron chi connectivity index (χ0n) is 10.6. The summed E-state index contributed by atoms with van der Waals surface area (Å²) in [5, 5.41) is 21.1. The van der Waals surface area contributed by atoms with Crippen LogP contribution in [0.5, 0.6) is 0 Å². The molecule has 0 aliphatic heterocycles. The van der Waals surface area contributed by atoms with Crippen LogP contribution in [0.15, 0.2) is 0 Å². The van der Waals surface area contributed by atoms with Crippen LogP contribution in [-0.4, -0.2) is 34.8 Å². The van der Waals surface area contributed by atoms with Crippen molar-refractivity contribution in [3.8, 4) is 0 Å². The molecule has 12 heavy (non-hydrogen) atoms. The maximum Gasteiger partial charge on any atom is 0.333 e. The van der Waals surface area contributed by atoms with Crippen LogP contribution in [0.4, 0.5) is 0 Å². The van der Waals surface area contributed by atoms with Crippen LogP contribution in [-0.2, 0) is 9.59 Å². The summed E-state index contributed by atoms with van der Waals surface area (Å²) in [6.45, 7) is 1.92. The molecule has 0 amide bonds. The van der Waals surface area contributed by atoms with Crippen LogP contribution in [0, 0.1) is 11.8 Å². The molecule has 2 atom stereocenters. The molecule has 0 aliphatic rings. The number of aliphatic carboxylic acids is 2. The largest absolute Gasteiger partial charge is 0.481 e. The number of rotatable bonds is 5. The van der Waals surface area contributed by atoms with E-state index in [4.69, 9.17) is 15.8 Å². The molecule has 5 nitrogen and oxygen atoms in total. The van der Waals surface area contributed by atoms with Crippen molar-refractivity contribution in [3.05, 3.63) is 0 Å². The highest BCUT2D eigenvalue weighted by Gasteiger charge is 2.34. The number of carbonyl (C=O) groups is 2. The molecule has 0 rings (SSSR count). The second-order valence-electron chi connectivity index (χ2n) is 2.31. The van der Waals surface area contributed by atoms with Gasteiger partial charge < -0.3 is 15.3 Å². The fraction of sp³-hybridized carbons (Fsp3) is 0.714. The van der Waals surface area contributed by atoms with Crippen LogP contribution < -0.4 is 0 Å². The van der Waals surface area contributed by atoms with Gasteiger partial charge in [0.2, 0.25) is 1.43 Å². The molecule has 0 heterocycles. The zero-order chi connectivity index (χ0) is 13.4. The molecule has 0 aromatic heterocycles. The van der Waals surface area contributed by atoms with E-state index in [1.165, 1.54) is 0 Å². The quantitative estimate of drug-likeness (QED) is 0.544. The second-order valence-corrected chi connectivity index (χ2v) is 2.31. The van der Waals surface area contributed by atoms with E-state index in [1.807, 2.05) is 0 Å². The van der Waals surface area contributed by atoms with Gasteiger partial charge in [-0.2, -0.15) is 0 Å². The first kappa shape index (κ1) is 5.53. The molecular formula is C7H12O5. The van der Waals surface area contributed by atoms with Crippen LogP contribution >= 0.6 is 0 Å². The predicted octanol–water partition coefficient (Wildman–Crippen LogP) is -0.211. The maximum atomic E-state index is 10.9. The Hall–Kier alpha value is -1.10. The summed E-state index contributed by atoms with van der Waals surface area (Å²) in [6.07, 6.45) is -3.38. The molecule has 0 unspecified atom stereocenters. The summed E-state index contributed by atoms with van der Waals surface area (Å²) in [5.74, 6) is -9.43. The fourth-order valence-corrected chi connectivity index (χ4v) is 0.645. The van der Waals surface area contributed by atoms with Gasteiger partial charge in [-0.15, -0.1) is 0 Å². The molecule has 3 N–H and O–H groups in total. The first-order valence-electron chi connectivity index (χ1n) is 4.97.